The minimum atomic E-state index is -0.530. The van der Waals surface area contributed by atoms with E-state index in [0.717, 1.165) is 0 Å². The first-order valence-corrected chi connectivity index (χ1v) is 7.95. The first kappa shape index (κ1) is 15.9. The summed E-state index contributed by atoms with van der Waals surface area (Å²) >= 11 is 1.26. The molecule has 1 atom stereocenters. The SMILES string of the molecule is Cc1nc2sc(C(c3ccccc3F)N(C)CCO)c(O)n2n1. The quantitative estimate of drug-likeness (QED) is 0.745. The highest BCUT2D eigenvalue weighted by Crippen LogP contribution is 2.39. The highest BCUT2D eigenvalue weighted by atomic mass is 32.1. The second kappa shape index (κ2) is 6.23. The predicted octanol–water partition coefficient (Wildman–Crippen LogP) is 1.96. The molecule has 8 heteroatoms. The number of hydrogen-bond acceptors (Lipinski definition) is 6. The maximum absolute atomic E-state index is 14.3. The fourth-order valence-corrected chi connectivity index (χ4v) is 3.77. The smallest absolute Gasteiger partial charge is 0.230 e. The van der Waals surface area contributed by atoms with Crippen LogP contribution in [0.3, 0.4) is 0 Å². The van der Waals surface area contributed by atoms with Gasteiger partial charge in [-0.1, -0.05) is 29.5 Å². The third kappa shape index (κ3) is 2.80. The van der Waals surface area contributed by atoms with E-state index in [4.69, 9.17) is 0 Å². The molecule has 122 valence electrons. The summed E-state index contributed by atoms with van der Waals surface area (Å²) in [6.07, 6.45) is 0. The van der Waals surface area contributed by atoms with Crippen molar-refractivity contribution in [3.8, 4) is 5.88 Å². The largest absolute Gasteiger partial charge is 0.492 e. The molecular formula is C15H17FN4O2S. The fourth-order valence-electron chi connectivity index (χ4n) is 2.59. The Hall–Kier alpha value is -2.03. The molecule has 0 amide bonds. The zero-order valence-corrected chi connectivity index (χ0v) is 13.6. The summed E-state index contributed by atoms with van der Waals surface area (Å²) in [7, 11) is 1.77. The maximum Gasteiger partial charge on any atom is 0.230 e. The maximum atomic E-state index is 14.3. The van der Waals surface area contributed by atoms with Crippen LogP contribution in [0.4, 0.5) is 4.39 Å². The van der Waals surface area contributed by atoms with Crippen LogP contribution in [0, 0.1) is 12.7 Å². The summed E-state index contributed by atoms with van der Waals surface area (Å²) in [6.45, 7) is 2.01. The molecule has 0 radical (unpaired) electrons. The normalized spacial score (nSPS) is 13.1. The van der Waals surface area contributed by atoms with E-state index in [9.17, 15) is 14.6 Å². The van der Waals surface area contributed by atoms with Crippen molar-refractivity contribution in [1.82, 2.24) is 19.5 Å². The number of halogens is 1. The molecule has 3 aromatic rings. The molecule has 0 aliphatic heterocycles. The van der Waals surface area contributed by atoms with Gasteiger partial charge in [-0.2, -0.15) is 4.52 Å². The lowest BCUT2D eigenvalue weighted by atomic mass is 10.0. The molecule has 0 fully saturated rings. The minimum absolute atomic E-state index is 0.0522. The number of rotatable bonds is 5. The van der Waals surface area contributed by atoms with Gasteiger partial charge in [0, 0.05) is 12.1 Å². The lowest BCUT2D eigenvalue weighted by Crippen LogP contribution is -2.28. The zero-order valence-electron chi connectivity index (χ0n) is 12.8. The summed E-state index contributed by atoms with van der Waals surface area (Å²) in [5.74, 6) is 0.143. The molecule has 6 nitrogen and oxygen atoms in total. The third-order valence-corrected chi connectivity index (χ3v) is 4.72. The van der Waals surface area contributed by atoms with Gasteiger partial charge in [0.15, 0.2) is 0 Å². The van der Waals surface area contributed by atoms with Crippen molar-refractivity contribution >= 4 is 16.3 Å². The Morgan fingerprint density at radius 1 is 1.39 bits per heavy atom. The van der Waals surface area contributed by atoms with Crippen molar-refractivity contribution in [3.63, 3.8) is 0 Å². The van der Waals surface area contributed by atoms with Crippen LogP contribution < -0.4 is 0 Å². The van der Waals surface area contributed by atoms with Gasteiger partial charge in [-0.3, -0.25) is 4.90 Å². The predicted molar refractivity (Wildman–Crippen MR) is 85.2 cm³/mol. The van der Waals surface area contributed by atoms with Crippen molar-refractivity contribution in [3.05, 3.63) is 46.3 Å². The highest BCUT2D eigenvalue weighted by Gasteiger charge is 2.29. The van der Waals surface area contributed by atoms with E-state index in [2.05, 4.69) is 10.1 Å². The molecule has 3 rings (SSSR count). The number of benzene rings is 1. The van der Waals surface area contributed by atoms with Crippen molar-refractivity contribution in [1.29, 1.82) is 0 Å². The van der Waals surface area contributed by atoms with Crippen LogP contribution in [-0.4, -0.2) is 49.9 Å². The van der Waals surface area contributed by atoms with Crippen LogP contribution in [0.5, 0.6) is 5.88 Å². The van der Waals surface area contributed by atoms with Crippen molar-refractivity contribution in [2.24, 2.45) is 0 Å². The fraction of sp³-hybridized carbons (Fsp3) is 0.333. The van der Waals surface area contributed by atoms with Crippen LogP contribution in [0.15, 0.2) is 24.3 Å². The van der Waals surface area contributed by atoms with Crippen LogP contribution in [0.2, 0.25) is 0 Å². The average molecular weight is 336 g/mol. The molecule has 0 bridgehead atoms. The summed E-state index contributed by atoms with van der Waals surface area (Å²) in [6, 6.07) is 5.89. The second-order valence-corrected chi connectivity index (χ2v) is 6.28. The molecule has 0 saturated carbocycles. The Bertz CT molecular complexity index is 832. The first-order valence-electron chi connectivity index (χ1n) is 7.13. The summed E-state index contributed by atoms with van der Waals surface area (Å²) in [4.78, 5) is 7.13. The van der Waals surface area contributed by atoms with Crippen LogP contribution in [0.1, 0.15) is 22.3 Å². The van der Waals surface area contributed by atoms with Crippen molar-refractivity contribution in [2.45, 2.75) is 13.0 Å². The van der Waals surface area contributed by atoms with Gasteiger partial charge in [0.25, 0.3) is 0 Å². The number of fused-ring (bicyclic) bond motifs is 1. The molecule has 1 aromatic carbocycles. The Morgan fingerprint density at radius 3 is 2.78 bits per heavy atom. The molecule has 0 aliphatic rings. The lowest BCUT2D eigenvalue weighted by molar-refractivity contribution is 0.194. The van der Waals surface area contributed by atoms with E-state index in [1.165, 1.54) is 21.9 Å². The van der Waals surface area contributed by atoms with Gasteiger partial charge < -0.3 is 10.2 Å². The molecule has 0 saturated heterocycles. The number of hydrogen-bond donors (Lipinski definition) is 2. The summed E-state index contributed by atoms with van der Waals surface area (Å²) in [5, 5.41) is 23.9. The molecule has 23 heavy (non-hydrogen) atoms. The molecule has 2 N–H and O–H groups in total. The topological polar surface area (TPSA) is 73.9 Å². The van der Waals surface area contributed by atoms with E-state index in [1.807, 2.05) is 0 Å². The Labute approximate surface area is 136 Å². The van der Waals surface area contributed by atoms with Gasteiger partial charge in [-0.25, -0.2) is 9.37 Å². The van der Waals surface area contributed by atoms with E-state index >= 15 is 0 Å². The van der Waals surface area contributed by atoms with Gasteiger partial charge in [0.2, 0.25) is 10.8 Å². The number of aliphatic hydroxyl groups excluding tert-OH is 1. The number of aliphatic hydroxyl groups is 1. The van der Waals surface area contributed by atoms with E-state index < -0.39 is 6.04 Å². The number of aromatic hydroxyl groups is 1. The summed E-state index contributed by atoms with van der Waals surface area (Å²) < 4.78 is 15.7. The monoisotopic (exact) mass is 336 g/mol. The van der Waals surface area contributed by atoms with Crippen molar-refractivity contribution < 1.29 is 14.6 Å². The van der Waals surface area contributed by atoms with Crippen LogP contribution in [0.25, 0.3) is 4.96 Å². The molecular weight excluding hydrogens is 319 g/mol. The van der Waals surface area contributed by atoms with E-state index in [1.54, 1.807) is 37.1 Å². The Kier molecular flexibility index (Phi) is 4.29. The minimum Gasteiger partial charge on any atom is -0.492 e. The van der Waals surface area contributed by atoms with Crippen LogP contribution in [-0.2, 0) is 0 Å². The standard InChI is InChI=1S/C15H17FN4O2S/c1-9-17-15-20(18-9)14(22)13(23-15)12(19(2)7-8-21)10-5-3-4-6-11(10)16/h3-6,12,21-22H,7-8H2,1-2H3. The molecule has 0 spiro atoms. The van der Waals surface area contributed by atoms with Gasteiger partial charge in [0.05, 0.1) is 17.5 Å². The number of aromatic nitrogens is 3. The third-order valence-electron chi connectivity index (χ3n) is 3.65. The van der Waals surface area contributed by atoms with Gasteiger partial charge in [-0.15, -0.1) is 5.10 Å². The molecule has 1 unspecified atom stereocenters. The van der Waals surface area contributed by atoms with Gasteiger partial charge >= 0.3 is 0 Å². The number of likely N-dealkylation sites (N-methyl/N-ethyl adjacent to an activating group) is 1. The number of aryl methyl sites for hydroxylation is 1. The zero-order chi connectivity index (χ0) is 16.6. The molecule has 2 heterocycles. The van der Waals surface area contributed by atoms with Gasteiger partial charge in [0.1, 0.15) is 11.6 Å². The Morgan fingerprint density at radius 2 is 2.13 bits per heavy atom. The van der Waals surface area contributed by atoms with E-state index in [-0.39, 0.29) is 18.3 Å². The first-order chi connectivity index (χ1) is 11.0. The lowest BCUT2D eigenvalue weighted by Gasteiger charge is -2.27. The van der Waals surface area contributed by atoms with Crippen LogP contribution >= 0.6 is 11.3 Å². The number of thiazole rings is 1. The highest BCUT2D eigenvalue weighted by molar-refractivity contribution is 7.17. The molecule has 2 aromatic heterocycles. The second-order valence-electron chi connectivity index (χ2n) is 5.27. The average Bonchev–Trinajstić information content (AvgIpc) is 3.01. The van der Waals surface area contributed by atoms with Gasteiger partial charge in [-0.05, 0) is 20.0 Å². The molecule has 0 aliphatic carbocycles. The summed E-state index contributed by atoms with van der Waals surface area (Å²) in [5.41, 5.74) is 0.431. The Balaban J connectivity index is 2.15. The van der Waals surface area contributed by atoms with Crippen molar-refractivity contribution in [2.75, 3.05) is 20.2 Å². The van der Waals surface area contributed by atoms with E-state index in [0.29, 0.717) is 27.8 Å². The number of nitrogens with zero attached hydrogens (tertiary/aromatic N) is 4.